The Balaban J connectivity index is 1.61. The highest BCUT2D eigenvalue weighted by molar-refractivity contribution is 5.97. The second kappa shape index (κ2) is 11.6. The van der Waals surface area contributed by atoms with Gasteiger partial charge in [0.15, 0.2) is 18.1 Å². The molecule has 3 aromatic carbocycles. The second-order valence-electron chi connectivity index (χ2n) is 6.86. The van der Waals surface area contributed by atoms with Gasteiger partial charge in [0.05, 0.1) is 18.4 Å². The van der Waals surface area contributed by atoms with Crippen molar-refractivity contribution in [2.75, 3.05) is 19.0 Å². The van der Waals surface area contributed by atoms with Gasteiger partial charge >= 0.3 is 6.61 Å². The Kier molecular flexibility index (Phi) is 8.33. The maximum absolute atomic E-state index is 13.7. The molecule has 0 spiro atoms. The maximum atomic E-state index is 13.7. The highest BCUT2D eigenvalue weighted by Gasteiger charge is 2.15. The third-order valence-corrected chi connectivity index (χ3v) is 4.54. The lowest BCUT2D eigenvalue weighted by molar-refractivity contribution is -0.118. The molecule has 0 bridgehead atoms. The highest BCUT2D eigenvalue weighted by Crippen LogP contribution is 2.29. The van der Waals surface area contributed by atoms with E-state index >= 15 is 0 Å². The van der Waals surface area contributed by atoms with E-state index < -0.39 is 30.8 Å². The van der Waals surface area contributed by atoms with Crippen molar-refractivity contribution in [3.05, 3.63) is 83.7 Å². The molecular formula is C24H21F3N2O5. The average Bonchev–Trinajstić information content (AvgIpc) is 2.83. The van der Waals surface area contributed by atoms with E-state index in [2.05, 4.69) is 15.4 Å². The minimum atomic E-state index is -3.00. The van der Waals surface area contributed by atoms with Crippen LogP contribution in [0.2, 0.25) is 0 Å². The van der Waals surface area contributed by atoms with Crippen LogP contribution in [0.3, 0.4) is 0 Å². The van der Waals surface area contributed by atoms with E-state index in [1.165, 1.54) is 55.6 Å². The normalized spacial score (nSPS) is 10.5. The zero-order valence-corrected chi connectivity index (χ0v) is 18.0. The number of methoxy groups -OCH3 is 1. The molecule has 3 rings (SSSR count). The summed E-state index contributed by atoms with van der Waals surface area (Å²) in [4.78, 5) is 24.8. The van der Waals surface area contributed by atoms with Crippen LogP contribution >= 0.6 is 0 Å². The van der Waals surface area contributed by atoms with Gasteiger partial charge in [-0.05, 0) is 42.0 Å². The predicted octanol–water partition coefficient (Wildman–Crippen LogP) is 4.38. The number of rotatable bonds is 10. The van der Waals surface area contributed by atoms with E-state index in [-0.39, 0.29) is 35.0 Å². The quantitative estimate of drug-likeness (QED) is 0.456. The molecule has 0 aromatic heterocycles. The Labute approximate surface area is 193 Å². The number of ether oxygens (including phenoxy) is 3. The van der Waals surface area contributed by atoms with Gasteiger partial charge in [-0.25, -0.2) is 4.39 Å². The van der Waals surface area contributed by atoms with Crippen LogP contribution in [0.1, 0.15) is 15.9 Å². The molecule has 7 nitrogen and oxygen atoms in total. The fourth-order valence-electron chi connectivity index (χ4n) is 2.97. The lowest BCUT2D eigenvalue weighted by Gasteiger charge is -2.13. The van der Waals surface area contributed by atoms with Crippen LogP contribution in [0.25, 0.3) is 0 Å². The molecule has 10 heteroatoms. The fraction of sp³-hybridized carbons (Fsp3) is 0.167. The minimum absolute atomic E-state index is 0.0162. The van der Waals surface area contributed by atoms with Gasteiger partial charge in [0.1, 0.15) is 11.6 Å². The van der Waals surface area contributed by atoms with Crippen molar-refractivity contribution < 1.29 is 37.0 Å². The molecule has 0 fully saturated rings. The van der Waals surface area contributed by atoms with Crippen LogP contribution < -0.4 is 24.8 Å². The standard InChI is InChI=1S/C24H21F3N2O5/c1-32-21-12-15(10-11-20(21)34-24(26)27)13-28-23(31)16-6-2-5-9-19(16)33-14-22(30)29-18-8-4-3-7-17(18)25/h2-12,24H,13-14H2,1H3,(H,28,31)(H,29,30). The van der Waals surface area contributed by atoms with Gasteiger partial charge in [-0.2, -0.15) is 8.78 Å². The number of anilines is 1. The monoisotopic (exact) mass is 474 g/mol. The number of para-hydroxylation sites is 2. The van der Waals surface area contributed by atoms with Gasteiger partial charge in [0, 0.05) is 6.54 Å². The lowest BCUT2D eigenvalue weighted by Crippen LogP contribution is -2.25. The number of hydrogen-bond donors (Lipinski definition) is 2. The fourth-order valence-corrected chi connectivity index (χ4v) is 2.97. The minimum Gasteiger partial charge on any atom is -0.493 e. The van der Waals surface area contributed by atoms with Crippen LogP contribution in [-0.2, 0) is 11.3 Å². The van der Waals surface area contributed by atoms with Crippen LogP contribution in [0, 0.1) is 5.82 Å². The first-order valence-electron chi connectivity index (χ1n) is 10.0. The van der Waals surface area contributed by atoms with Gasteiger partial charge < -0.3 is 24.8 Å². The Morgan fingerprint density at radius 2 is 1.68 bits per heavy atom. The average molecular weight is 474 g/mol. The van der Waals surface area contributed by atoms with Crippen LogP contribution in [0.5, 0.6) is 17.2 Å². The molecule has 2 N–H and O–H groups in total. The number of benzene rings is 3. The molecular weight excluding hydrogens is 453 g/mol. The van der Waals surface area contributed by atoms with E-state index in [4.69, 9.17) is 9.47 Å². The second-order valence-corrected chi connectivity index (χ2v) is 6.86. The smallest absolute Gasteiger partial charge is 0.387 e. The summed E-state index contributed by atoms with van der Waals surface area (Å²) in [5.74, 6) is -1.55. The van der Waals surface area contributed by atoms with Gasteiger partial charge in [0.25, 0.3) is 11.8 Å². The first-order valence-corrected chi connectivity index (χ1v) is 10.0. The van der Waals surface area contributed by atoms with E-state index in [1.807, 2.05) is 0 Å². The molecule has 178 valence electrons. The molecule has 0 unspecified atom stereocenters. The van der Waals surface area contributed by atoms with Crippen LogP contribution in [0.4, 0.5) is 18.9 Å². The van der Waals surface area contributed by atoms with Crippen molar-refractivity contribution in [3.63, 3.8) is 0 Å². The maximum Gasteiger partial charge on any atom is 0.387 e. The Bertz CT molecular complexity index is 1160. The van der Waals surface area contributed by atoms with Crippen LogP contribution in [-0.4, -0.2) is 32.1 Å². The summed E-state index contributed by atoms with van der Waals surface area (Å²) in [5.41, 5.74) is 0.766. The molecule has 0 saturated carbocycles. The molecule has 2 amide bonds. The van der Waals surface area contributed by atoms with E-state index in [0.717, 1.165) is 0 Å². The van der Waals surface area contributed by atoms with Crippen LogP contribution in [0.15, 0.2) is 66.7 Å². The molecule has 34 heavy (non-hydrogen) atoms. The number of carbonyl (C=O) groups is 2. The summed E-state index contributed by atoms with van der Waals surface area (Å²) in [6, 6.07) is 16.3. The topological polar surface area (TPSA) is 85.9 Å². The van der Waals surface area contributed by atoms with Gasteiger partial charge in [0.2, 0.25) is 0 Å². The van der Waals surface area contributed by atoms with E-state index in [9.17, 15) is 22.8 Å². The van der Waals surface area contributed by atoms with Crippen molar-refractivity contribution in [1.82, 2.24) is 5.32 Å². The van der Waals surface area contributed by atoms with Gasteiger partial charge in [-0.3, -0.25) is 9.59 Å². The number of hydrogen-bond acceptors (Lipinski definition) is 5. The Hall–Kier alpha value is -4.21. The molecule has 0 aliphatic heterocycles. The van der Waals surface area contributed by atoms with Crippen molar-refractivity contribution >= 4 is 17.5 Å². The number of halogens is 3. The first-order chi connectivity index (χ1) is 16.4. The summed E-state index contributed by atoms with van der Waals surface area (Å²) in [6.07, 6.45) is 0. The summed E-state index contributed by atoms with van der Waals surface area (Å²) < 4.78 is 53.5. The molecule has 0 radical (unpaired) electrons. The summed E-state index contributed by atoms with van der Waals surface area (Å²) in [7, 11) is 1.31. The first kappa shape index (κ1) is 24.4. The zero-order valence-electron chi connectivity index (χ0n) is 18.0. The molecule has 0 saturated heterocycles. The molecule has 3 aromatic rings. The number of nitrogens with one attached hydrogen (secondary N) is 2. The van der Waals surface area contributed by atoms with E-state index in [1.54, 1.807) is 18.2 Å². The molecule has 0 aliphatic rings. The third-order valence-electron chi connectivity index (χ3n) is 4.54. The van der Waals surface area contributed by atoms with Crippen molar-refractivity contribution in [2.45, 2.75) is 13.2 Å². The SMILES string of the molecule is COc1cc(CNC(=O)c2ccccc2OCC(=O)Nc2ccccc2F)ccc1OC(F)F. The largest absolute Gasteiger partial charge is 0.493 e. The Morgan fingerprint density at radius 1 is 0.941 bits per heavy atom. The predicted molar refractivity (Wildman–Crippen MR) is 118 cm³/mol. The summed E-state index contributed by atoms with van der Waals surface area (Å²) in [6.45, 7) is -3.38. The summed E-state index contributed by atoms with van der Waals surface area (Å²) >= 11 is 0. The number of amides is 2. The van der Waals surface area contributed by atoms with Crippen molar-refractivity contribution in [1.29, 1.82) is 0 Å². The van der Waals surface area contributed by atoms with Gasteiger partial charge in [-0.1, -0.05) is 30.3 Å². The van der Waals surface area contributed by atoms with Crippen molar-refractivity contribution in [3.8, 4) is 17.2 Å². The lowest BCUT2D eigenvalue weighted by atomic mass is 10.1. The number of alkyl halides is 2. The number of carbonyl (C=O) groups excluding carboxylic acids is 2. The highest BCUT2D eigenvalue weighted by atomic mass is 19.3. The van der Waals surface area contributed by atoms with E-state index in [0.29, 0.717) is 5.56 Å². The van der Waals surface area contributed by atoms with Crippen molar-refractivity contribution in [2.24, 2.45) is 0 Å². The molecule has 0 aliphatic carbocycles. The molecule has 0 heterocycles. The molecule has 0 atom stereocenters. The summed E-state index contributed by atoms with van der Waals surface area (Å²) in [5, 5.41) is 5.08. The third kappa shape index (κ3) is 6.64. The van der Waals surface area contributed by atoms with Gasteiger partial charge in [-0.15, -0.1) is 0 Å². The zero-order chi connectivity index (χ0) is 24.5. The Morgan fingerprint density at radius 3 is 2.41 bits per heavy atom.